The van der Waals surface area contributed by atoms with Crippen LogP contribution in [0, 0.1) is 13.8 Å². The number of carbonyl (C=O) groups excluding carboxylic acids is 1. The third-order valence-electron chi connectivity index (χ3n) is 4.02. The second kappa shape index (κ2) is 5.25. The normalized spacial score (nSPS) is 16.4. The molecular weight excluding hydrogens is 258 g/mol. The molecule has 0 bridgehead atoms. The van der Waals surface area contributed by atoms with Crippen LogP contribution >= 0.6 is 0 Å². The number of carbonyl (C=O) groups is 2. The molecule has 1 aromatic carbocycles. The van der Waals surface area contributed by atoms with Gasteiger partial charge in [-0.1, -0.05) is 6.07 Å². The van der Waals surface area contributed by atoms with Gasteiger partial charge in [0.2, 0.25) is 0 Å². The van der Waals surface area contributed by atoms with Crippen molar-refractivity contribution < 1.29 is 19.4 Å². The summed E-state index contributed by atoms with van der Waals surface area (Å²) in [5.74, 6) is -1.20. The lowest BCUT2D eigenvalue weighted by atomic mass is 9.79. The lowest BCUT2D eigenvalue weighted by molar-refractivity contribution is -0.148. The Hall–Kier alpha value is -1.88. The van der Waals surface area contributed by atoms with Crippen molar-refractivity contribution >= 4 is 17.6 Å². The number of hydrogen-bond donors (Lipinski definition) is 2. The highest BCUT2D eigenvalue weighted by Crippen LogP contribution is 2.36. The van der Waals surface area contributed by atoms with E-state index in [0.717, 1.165) is 12.0 Å². The van der Waals surface area contributed by atoms with Gasteiger partial charge in [0.05, 0.1) is 5.56 Å². The van der Waals surface area contributed by atoms with Crippen LogP contribution in [-0.2, 0) is 9.53 Å². The van der Waals surface area contributed by atoms with E-state index < -0.39 is 11.6 Å². The van der Waals surface area contributed by atoms with Gasteiger partial charge >= 0.3 is 5.97 Å². The summed E-state index contributed by atoms with van der Waals surface area (Å²) in [6.07, 6.45) is 2.37. The van der Waals surface area contributed by atoms with Crippen LogP contribution in [0.3, 0.4) is 0 Å². The van der Waals surface area contributed by atoms with E-state index in [9.17, 15) is 9.59 Å². The van der Waals surface area contributed by atoms with Crippen LogP contribution in [0.1, 0.15) is 40.7 Å². The molecule has 20 heavy (non-hydrogen) atoms. The number of hydrogen-bond acceptors (Lipinski definition) is 3. The zero-order chi connectivity index (χ0) is 14.9. The van der Waals surface area contributed by atoms with Crippen molar-refractivity contribution in [2.24, 2.45) is 0 Å². The number of ether oxygens (including phenoxy) is 1. The molecule has 1 aliphatic carbocycles. The van der Waals surface area contributed by atoms with E-state index in [1.165, 1.54) is 13.2 Å². The Labute approximate surface area is 117 Å². The molecule has 5 nitrogen and oxygen atoms in total. The van der Waals surface area contributed by atoms with Gasteiger partial charge in [0.15, 0.2) is 0 Å². The predicted octanol–water partition coefficient (Wildman–Crippen LogP) is 2.51. The molecule has 1 amide bonds. The molecule has 0 heterocycles. The number of aryl methyl sites for hydroxylation is 2. The first-order valence-electron chi connectivity index (χ1n) is 6.61. The molecule has 0 aliphatic heterocycles. The second-order valence-electron chi connectivity index (χ2n) is 5.29. The van der Waals surface area contributed by atoms with Crippen LogP contribution in [0.5, 0.6) is 0 Å². The smallest absolute Gasteiger partial charge is 0.336 e. The van der Waals surface area contributed by atoms with Crippen LogP contribution < -0.4 is 5.32 Å². The van der Waals surface area contributed by atoms with Gasteiger partial charge in [-0.2, -0.15) is 0 Å². The van der Waals surface area contributed by atoms with E-state index >= 15 is 0 Å². The lowest BCUT2D eigenvalue weighted by Crippen LogP contribution is -2.50. The van der Waals surface area contributed by atoms with Crippen molar-refractivity contribution in [2.45, 2.75) is 38.7 Å². The van der Waals surface area contributed by atoms with Gasteiger partial charge in [-0.3, -0.25) is 4.79 Å². The summed E-state index contributed by atoms with van der Waals surface area (Å²) in [5.41, 5.74) is 1.50. The molecule has 0 saturated heterocycles. The van der Waals surface area contributed by atoms with Crippen molar-refractivity contribution in [3.63, 3.8) is 0 Å². The minimum atomic E-state index is -0.997. The average molecular weight is 277 g/mol. The van der Waals surface area contributed by atoms with Gasteiger partial charge in [-0.05, 0) is 50.3 Å². The van der Waals surface area contributed by atoms with E-state index in [1.54, 1.807) is 13.0 Å². The maximum Gasteiger partial charge on any atom is 0.336 e. The van der Waals surface area contributed by atoms with E-state index in [4.69, 9.17) is 9.84 Å². The minimum absolute atomic E-state index is 0.199. The van der Waals surface area contributed by atoms with Crippen LogP contribution in [0.25, 0.3) is 0 Å². The standard InChI is InChI=1S/C15H19NO4/c1-9-7-10(2)12(8-11(9)13(17)18)16-14(19)15(20-3)5-4-6-15/h7-8H,4-6H2,1-3H3,(H,16,19)(H,17,18). The molecule has 1 aromatic rings. The first-order chi connectivity index (χ1) is 9.39. The number of methoxy groups -OCH3 is 1. The van der Waals surface area contributed by atoms with E-state index in [0.29, 0.717) is 24.1 Å². The summed E-state index contributed by atoms with van der Waals surface area (Å²) >= 11 is 0. The topological polar surface area (TPSA) is 75.6 Å². The number of carboxylic acids is 1. The van der Waals surface area contributed by atoms with Crippen molar-refractivity contribution in [3.05, 3.63) is 28.8 Å². The van der Waals surface area contributed by atoms with E-state index in [-0.39, 0.29) is 11.5 Å². The number of amides is 1. The van der Waals surface area contributed by atoms with E-state index in [1.807, 2.05) is 6.92 Å². The molecule has 1 saturated carbocycles. The first-order valence-corrected chi connectivity index (χ1v) is 6.61. The summed E-state index contributed by atoms with van der Waals surface area (Å²) in [4.78, 5) is 23.4. The number of nitrogens with one attached hydrogen (secondary N) is 1. The summed E-state index contributed by atoms with van der Waals surface area (Å²) in [6, 6.07) is 3.27. The minimum Gasteiger partial charge on any atom is -0.478 e. The highest BCUT2D eigenvalue weighted by Gasteiger charge is 2.44. The fourth-order valence-corrected chi connectivity index (χ4v) is 2.48. The molecule has 1 aliphatic rings. The molecule has 0 spiro atoms. The highest BCUT2D eigenvalue weighted by atomic mass is 16.5. The largest absolute Gasteiger partial charge is 0.478 e. The number of rotatable bonds is 4. The van der Waals surface area contributed by atoms with Crippen molar-refractivity contribution in [3.8, 4) is 0 Å². The average Bonchev–Trinajstić information content (AvgIpc) is 2.31. The van der Waals surface area contributed by atoms with Crippen LogP contribution in [0.4, 0.5) is 5.69 Å². The molecule has 0 aromatic heterocycles. The molecule has 0 atom stereocenters. The summed E-state index contributed by atoms with van der Waals surface area (Å²) < 4.78 is 5.32. The fourth-order valence-electron chi connectivity index (χ4n) is 2.48. The summed E-state index contributed by atoms with van der Waals surface area (Å²) in [7, 11) is 1.53. The molecule has 0 radical (unpaired) electrons. The first kappa shape index (κ1) is 14.5. The Morgan fingerprint density at radius 1 is 1.25 bits per heavy atom. The lowest BCUT2D eigenvalue weighted by Gasteiger charge is -2.38. The van der Waals surface area contributed by atoms with E-state index in [2.05, 4.69) is 5.32 Å². The Morgan fingerprint density at radius 3 is 2.35 bits per heavy atom. The Morgan fingerprint density at radius 2 is 1.90 bits per heavy atom. The number of benzene rings is 1. The zero-order valence-electron chi connectivity index (χ0n) is 11.9. The van der Waals surface area contributed by atoms with Gasteiger partial charge in [0, 0.05) is 12.8 Å². The van der Waals surface area contributed by atoms with Crippen molar-refractivity contribution in [1.29, 1.82) is 0 Å². The second-order valence-corrected chi connectivity index (χ2v) is 5.29. The quantitative estimate of drug-likeness (QED) is 0.886. The molecule has 108 valence electrons. The third-order valence-corrected chi connectivity index (χ3v) is 4.02. The van der Waals surface area contributed by atoms with Gasteiger partial charge in [0.1, 0.15) is 5.60 Å². The summed E-state index contributed by atoms with van der Waals surface area (Å²) in [6.45, 7) is 3.58. The maximum absolute atomic E-state index is 12.3. The van der Waals surface area contributed by atoms with Crippen LogP contribution in [0.15, 0.2) is 12.1 Å². The van der Waals surface area contributed by atoms with Gasteiger partial charge < -0.3 is 15.2 Å². The Bertz CT molecular complexity index is 556. The molecule has 5 heteroatoms. The monoisotopic (exact) mass is 277 g/mol. The molecular formula is C15H19NO4. The maximum atomic E-state index is 12.3. The van der Waals surface area contributed by atoms with Gasteiger partial charge in [-0.25, -0.2) is 4.79 Å². The molecule has 2 rings (SSSR count). The van der Waals surface area contributed by atoms with Crippen molar-refractivity contribution in [2.75, 3.05) is 12.4 Å². The molecule has 2 N–H and O–H groups in total. The van der Waals surface area contributed by atoms with Crippen molar-refractivity contribution in [1.82, 2.24) is 0 Å². The SMILES string of the molecule is COC1(C(=O)Nc2cc(C(=O)O)c(C)cc2C)CCC1. The predicted molar refractivity (Wildman–Crippen MR) is 75.1 cm³/mol. The van der Waals surface area contributed by atoms with Gasteiger partial charge in [0.25, 0.3) is 5.91 Å². The van der Waals surface area contributed by atoms with Crippen LogP contribution in [0.2, 0.25) is 0 Å². The fraction of sp³-hybridized carbons (Fsp3) is 0.467. The number of carboxylic acid groups (broad SMARTS) is 1. The van der Waals surface area contributed by atoms with Crippen LogP contribution in [-0.4, -0.2) is 29.7 Å². The zero-order valence-corrected chi connectivity index (χ0v) is 11.9. The highest BCUT2D eigenvalue weighted by molar-refractivity contribution is 6.00. The number of anilines is 1. The third kappa shape index (κ3) is 2.41. The summed E-state index contributed by atoms with van der Waals surface area (Å²) in [5, 5.41) is 11.9. The molecule has 1 fully saturated rings. The molecule has 0 unspecified atom stereocenters. The Balaban J connectivity index is 2.27. The number of aromatic carboxylic acids is 1. The Kier molecular flexibility index (Phi) is 3.81. The van der Waals surface area contributed by atoms with Gasteiger partial charge in [-0.15, -0.1) is 0 Å².